The highest BCUT2D eigenvalue weighted by molar-refractivity contribution is 5.97. The highest BCUT2D eigenvalue weighted by Gasteiger charge is 2.19. The predicted octanol–water partition coefficient (Wildman–Crippen LogP) is 1.48. The highest BCUT2D eigenvalue weighted by Crippen LogP contribution is 2.12. The van der Waals surface area contributed by atoms with E-state index in [4.69, 9.17) is 5.11 Å². The Balaban J connectivity index is 1.89. The summed E-state index contributed by atoms with van der Waals surface area (Å²) in [5.41, 5.74) is 1.76. The molecular weight excluding hydrogens is 396 g/mol. The second-order valence-corrected chi connectivity index (χ2v) is 7.43. The van der Waals surface area contributed by atoms with E-state index in [9.17, 15) is 14.4 Å². The summed E-state index contributed by atoms with van der Waals surface area (Å²) in [6, 6.07) is 12.7. The third-order valence-electron chi connectivity index (χ3n) is 5.04. The molecule has 0 aliphatic carbocycles. The van der Waals surface area contributed by atoms with Crippen LogP contribution < -0.4 is 10.9 Å². The molecule has 0 aliphatic heterocycles. The van der Waals surface area contributed by atoms with Crippen LogP contribution in [-0.4, -0.2) is 51.6 Å². The number of aryl methyl sites for hydroxylation is 1. The molecule has 2 heterocycles. The second-order valence-electron chi connectivity index (χ2n) is 7.43. The number of carbonyl (C=O) groups excluding carboxylic acids is 2. The summed E-state index contributed by atoms with van der Waals surface area (Å²) < 4.78 is 1.23. The summed E-state index contributed by atoms with van der Waals surface area (Å²) >= 11 is 0. The maximum Gasteiger partial charge on any atom is 0.265 e. The fraction of sp³-hybridized carbons (Fsp3) is 0.304. The lowest BCUT2D eigenvalue weighted by molar-refractivity contribution is -0.130. The molecule has 0 radical (unpaired) electrons. The number of nitrogens with zero attached hydrogens (tertiary/aromatic N) is 3. The molecule has 31 heavy (non-hydrogen) atoms. The van der Waals surface area contributed by atoms with Gasteiger partial charge in [-0.15, -0.1) is 0 Å². The molecule has 8 heteroatoms. The van der Waals surface area contributed by atoms with E-state index in [1.807, 2.05) is 31.2 Å². The maximum absolute atomic E-state index is 13.1. The van der Waals surface area contributed by atoms with Crippen LogP contribution in [0.1, 0.15) is 27.9 Å². The zero-order valence-corrected chi connectivity index (χ0v) is 17.7. The van der Waals surface area contributed by atoms with Crippen molar-refractivity contribution in [2.75, 3.05) is 20.2 Å². The Morgan fingerprint density at radius 2 is 1.94 bits per heavy atom. The van der Waals surface area contributed by atoms with Crippen LogP contribution in [0.4, 0.5) is 0 Å². The van der Waals surface area contributed by atoms with Gasteiger partial charge in [0.15, 0.2) is 0 Å². The van der Waals surface area contributed by atoms with E-state index in [2.05, 4.69) is 10.3 Å². The first-order valence-corrected chi connectivity index (χ1v) is 10.1. The summed E-state index contributed by atoms with van der Waals surface area (Å²) in [6.07, 6.45) is 1.98. The third kappa shape index (κ3) is 5.35. The van der Waals surface area contributed by atoms with Gasteiger partial charge in [0.25, 0.3) is 11.5 Å². The fourth-order valence-corrected chi connectivity index (χ4v) is 3.19. The Morgan fingerprint density at radius 1 is 1.19 bits per heavy atom. The van der Waals surface area contributed by atoms with E-state index < -0.39 is 11.5 Å². The van der Waals surface area contributed by atoms with Gasteiger partial charge < -0.3 is 15.3 Å². The van der Waals surface area contributed by atoms with Crippen LogP contribution in [-0.2, 0) is 17.9 Å². The number of benzene rings is 1. The maximum atomic E-state index is 13.1. The molecule has 0 spiro atoms. The number of carbonyl (C=O) groups is 2. The number of nitrogens with one attached hydrogen (secondary N) is 1. The average Bonchev–Trinajstić information content (AvgIpc) is 2.78. The van der Waals surface area contributed by atoms with Gasteiger partial charge in [0, 0.05) is 38.3 Å². The van der Waals surface area contributed by atoms with E-state index in [1.165, 1.54) is 21.7 Å². The van der Waals surface area contributed by atoms with Gasteiger partial charge in [-0.1, -0.05) is 29.8 Å². The number of fused-ring (bicyclic) bond motifs is 1. The SMILES string of the molecule is Cc1ccc(CNC(=O)c2cc3cccnc3n(CC(=O)N(C)CCCO)c2=O)cc1. The van der Waals surface area contributed by atoms with Crippen LogP contribution in [0.5, 0.6) is 0 Å². The molecule has 0 atom stereocenters. The molecule has 8 nitrogen and oxygen atoms in total. The summed E-state index contributed by atoms with van der Waals surface area (Å²) in [7, 11) is 1.61. The Bertz CT molecular complexity index is 1140. The van der Waals surface area contributed by atoms with Crippen molar-refractivity contribution < 1.29 is 14.7 Å². The molecular formula is C23H26N4O4. The van der Waals surface area contributed by atoms with Crippen molar-refractivity contribution in [1.29, 1.82) is 0 Å². The third-order valence-corrected chi connectivity index (χ3v) is 5.04. The number of aliphatic hydroxyl groups is 1. The van der Waals surface area contributed by atoms with Gasteiger partial charge in [-0.05, 0) is 37.1 Å². The van der Waals surface area contributed by atoms with Crippen molar-refractivity contribution in [1.82, 2.24) is 19.8 Å². The molecule has 0 unspecified atom stereocenters. The van der Waals surface area contributed by atoms with Crippen molar-refractivity contribution in [3.63, 3.8) is 0 Å². The first-order valence-electron chi connectivity index (χ1n) is 10.1. The number of hydrogen-bond acceptors (Lipinski definition) is 5. The van der Waals surface area contributed by atoms with Crippen LogP contribution in [0.3, 0.4) is 0 Å². The number of aliphatic hydroxyl groups excluding tert-OH is 1. The zero-order valence-electron chi connectivity index (χ0n) is 17.7. The van der Waals surface area contributed by atoms with Crippen LogP contribution in [0.2, 0.25) is 0 Å². The Hall–Kier alpha value is -3.52. The molecule has 0 saturated heterocycles. The van der Waals surface area contributed by atoms with Crippen molar-refractivity contribution in [3.8, 4) is 0 Å². The fourth-order valence-electron chi connectivity index (χ4n) is 3.19. The smallest absolute Gasteiger partial charge is 0.265 e. The van der Waals surface area contributed by atoms with Gasteiger partial charge >= 0.3 is 0 Å². The number of amides is 2. The normalized spacial score (nSPS) is 10.8. The van der Waals surface area contributed by atoms with Crippen molar-refractivity contribution in [3.05, 3.63) is 75.7 Å². The van der Waals surface area contributed by atoms with Gasteiger partial charge in [-0.2, -0.15) is 0 Å². The van der Waals surface area contributed by atoms with Crippen molar-refractivity contribution in [2.24, 2.45) is 0 Å². The molecule has 3 rings (SSSR count). The molecule has 0 fully saturated rings. The molecule has 3 aromatic rings. The standard InChI is InChI=1S/C23H26N4O4/c1-16-6-8-17(9-7-16)14-25-22(30)19-13-18-5-3-10-24-21(18)27(23(19)31)15-20(29)26(2)11-4-12-28/h3,5-10,13,28H,4,11-12,14-15H2,1-2H3,(H,25,30). The van der Waals surface area contributed by atoms with Crippen LogP contribution in [0.15, 0.2) is 53.5 Å². The monoisotopic (exact) mass is 422 g/mol. The van der Waals surface area contributed by atoms with Gasteiger partial charge in [-0.3, -0.25) is 19.0 Å². The van der Waals surface area contributed by atoms with Crippen LogP contribution in [0, 0.1) is 6.92 Å². The van der Waals surface area contributed by atoms with Gasteiger partial charge in [0.1, 0.15) is 17.8 Å². The minimum absolute atomic E-state index is 0.0291. The van der Waals surface area contributed by atoms with Crippen molar-refractivity contribution >= 4 is 22.8 Å². The van der Waals surface area contributed by atoms with E-state index >= 15 is 0 Å². The van der Waals surface area contributed by atoms with Crippen LogP contribution >= 0.6 is 0 Å². The first-order chi connectivity index (χ1) is 14.9. The molecule has 2 N–H and O–H groups in total. The summed E-state index contributed by atoms with van der Waals surface area (Å²) in [6.45, 7) is 2.36. The quantitative estimate of drug-likeness (QED) is 0.572. The number of hydrogen-bond donors (Lipinski definition) is 2. The predicted molar refractivity (Wildman–Crippen MR) is 118 cm³/mol. The highest BCUT2D eigenvalue weighted by atomic mass is 16.3. The molecule has 0 bridgehead atoms. The van der Waals surface area contributed by atoms with E-state index in [-0.39, 0.29) is 31.2 Å². The summed E-state index contributed by atoms with van der Waals surface area (Å²) in [5, 5.41) is 12.3. The second kappa shape index (κ2) is 9.99. The van der Waals surface area contributed by atoms with E-state index in [0.29, 0.717) is 24.0 Å². The molecule has 2 aromatic heterocycles. The molecule has 162 valence electrons. The number of pyridine rings is 2. The summed E-state index contributed by atoms with van der Waals surface area (Å²) in [5.74, 6) is -0.814. The van der Waals surface area contributed by atoms with E-state index in [1.54, 1.807) is 19.2 Å². The summed E-state index contributed by atoms with van der Waals surface area (Å²) in [4.78, 5) is 44.2. The largest absolute Gasteiger partial charge is 0.396 e. The molecule has 0 aliphatic rings. The molecule has 1 aromatic carbocycles. The Morgan fingerprint density at radius 3 is 2.65 bits per heavy atom. The van der Waals surface area contributed by atoms with Gasteiger partial charge in [0.05, 0.1) is 0 Å². The first kappa shape index (κ1) is 22.2. The van der Waals surface area contributed by atoms with Gasteiger partial charge in [-0.25, -0.2) is 4.98 Å². The number of rotatable bonds is 8. The minimum Gasteiger partial charge on any atom is -0.396 e. The lowest BCUT2D eigenvalue weighted by Gasteiger charge is -2.18. The van der Waals surface area contributed by atoms with Crippen molar-refractivity contribution in [2.45, 2.75) is 26.4 Å². The Kier molecular flexibility index (Phi) is 7.15. The topological polar surface area (TPSA) is 105 Å². The lowest BCUT2D eigenvalue weighted by atomic mass is 10.1. The van der Waals surface area contributed by atoms with E-state index in [0.717, 1.165) is 11.1 Å². The average molecular weight is 422 g/mol. The number of likely N-dealkylation sites (N-methyl/N-ethyl adjacent to an activating group) is 1. The van der Waals surface area contributed by atoms with Gasteiger partial charge in [0.2, 0.25) is 5.91 Å². The number of aromatic nitrogens is 2. The molecule has 2 amide bonds. The van der Waals surface area contributed by atoms with Crippen LogP contribution in [0.25, 0.3) is 11.0 Å². The lowest BCUT2D eigenvalue weighted by Crippen LogP contribution is -2.38. The Labute approximate surface area is 180 Å². The minimum atomic E-state index is -0.573. The molecule has 0 saturated carbocycles. The zero-order chi connectivity index (χ0) is 22.4.